The topological polar surface area (TPSA) is 152 Å². The summed E-state index contributed by atoms with van der Waals surface area (Å²) < 4.78 is 1.52. The Hall–Kier alpha value is -1.73. The van der Waals surface area contributed by atoms with E-state index < -0.39 is 37.3 Å². The van der Waals surface area contributed by atoms with E-state index in [0.29, 0.717) is 0 Å². The Kier molecular flexibility index (Phi) is 8.71. The summed E-state index contributed by atoms with van der Waals surface area (Å²) in [6, 6.07) is -0.946. The number of carboxylic acids is 4. The third kappa shape index (κ3) is 7.38. The van der Waals surface area contributed by atoms with Crippen molar-refractivity contribution in [2.45, 2.75) is 32.2 Å². The van der Waals surface area contributed by atoms with Crippen molar-refractivity contribution >= 4 is 31.3 Å². The fraction of sp³-hybridized carbons (Fsp3) is 0.692. The van der Waals surface area contributed by atoms with Crippen molar-refractivity contribution in [3.8, 4) is 0 Å². The molecule has 23 heavy (non-hydrogen) atoms. The minimum atomic E-state index is -2.90. The summed E-state index contributed by atoms with van der Waals surface area (Å²) in [6.45, 7) is 1.42. The van der Waals surface area contributed by atoms with Gasteiger partial charge in [-0.2, -0.15) is 0 Å². The molecule has 0 bridgehead atoms. The van der Waals surface area contributed by atoms with Gasteiger partial charge in [-0.25, -0.2) is 0 Å². The molecular formula is C13H24NO8P. The van der Waals surface area contributed by atoms with E-state index in [4.69, 9.17) is 15.3 Å². The third-order valence-corrected chi connectivity index (χ3v) is 9.53. The van der Waals surface area contributed by atoms with Crippen LogP contribution < -0.4 is 0 Å². The van der Waals surface area contributed by atoms with Gasteiger partial charge in [-0.05, 0) is 0 Å². The van der Waals surface area contributed by atoms with Crippen molar-refractivity contribution in [3.05, 3.63) is 0 Å². The second kappa shape index (κ2) is 9.42. The van der Waals surface area contributed by atoms with Gasteiger partial charge in [0.05, 0.1) is 0 Å². The van der Waals surface area contributed by atoms with Crippen LogP contribution in [-0.2, 0) is 19.2 Å². The zero-order chi connectivity index (χ0) is 18.2. The molecule has 9 nitrogen and oxygen atoms in total. The van der Waals surface area contributed by atoms with Gasteiger partial charge in [0.2, 0.25) is 0 Å². The van der Waals surface area contributed by atoms with Crippen molar-refractivity contribution in [1.29, 1.82) is 0 Å². The van der Waals surface area contributed by atoms with Gasteiger partial charge < -0.3 is 0 Å². The predicted molar refractivity (Wildman–Crippen MR) is 84.5 cm³/mol. The zero-order valence-corrected chi connectivity index (χ0v) is 14.2. The SMILES string of the molecule is CC(C(=O)O)N(C)[PH](CCC(=O)O)(CCC(=O)O)CCC(=O)O. The van der Waals surface area contributed by atoms with Crippen LogP contribution in [0.25, 0.3) is 0 Å². The first-order valence-electron chi connectivity index (χ1n) is 7.13. The molecule has 4 N–H and O–H groups in total. The standard InChI is InChI=1S/C13H24NO8P/c1-9(13(21)22)14(2)23(6-3-10(15)16,7-4-11(17)18)8-5-12(19)20/h9,23H,3-8H2,1-2H3,(H,15,16)(H,17,18)(H,19,20)(H,21,22). The Labute approximate surface area is 134 Å². The molecule has 0 heterocycles. The normalized spacial score (nSPS) is 13.5. The first-order chi connectivity index (χ1) is 10.5. The van der Waals surface area contributed by atoms with E-state index in [9.17, 15) is 24.3 Å². The molecule has 1 atom stereocenters. The summed E-state index contributed by atoms with van der Waals surface area (Å²) in [6.07, 6.45) is -0.419. The molecule has 0 saturated carbocycles. The number of aliphatic carboxylic acids is 4. The van der Waals surface area contributed by atoms with Crippen LogP contribution in [0.15, 0.2) is 0 Å². The number of rotatable bonds is 12. The van der Waals surface area contributed by atoms with Crippen molar-refractivity contribution in [3.63, 3.8) is 0 Å². The van der Waals surface area contributed by atoms with Crippen LogP contribution in [-0.4, -0.2) is 80.5 Å². The number of nitrogens with zero attached hydrogens (tertiary/aromatic N) is 1. The van der Waals surface area contributed by atoms with Gasteiger partial charge >= 0.3 is 133 Å². The monoisotopic (exact) mass is 353 g/mol. The molecular weight excluding hydrogens is 329 g/mol. The maximum absolute atomic E-state index is 11.2. The van der Waals surface area contributed by atoms with Gasteiger partial charge in [-0.3, -0.25) is 0 Å². The molecule has 134 valence electrons. The molecule has 0 aromatic heterocycles. The van der Waals surface area contributed by atoms with Crippen LogP contribution in [0.1, 0.15) is 26.2 Å². The summed E-state index contributed by atoms with van der Waals surface area (Å²) in [4.78, 5) is 43.9. The van der Waals surface area contributed by atoms with E-state index in [-0.39, 0.29) is 37.7 Å². The molecule has 0 radical (unpaired) electrons. The van der Waals surface area contributed by atoms with Crippen LogP contribution in [0.3, 0.4) is 0 Å². The van der Waals surface area contributed by atoms with Gasteiger partial charge in [0.1, 0.15) is 0 Å². The number of carbonyl (C=O) groups is 4. The van der Waals surface area contributed by atoms with Crippen LogP contribution in [0.2, 0.25) is 0 Å². The molecule has 0 aromatic carbocycles. The predicted octanol–water partition coefficient (Wildman–Crippen LogP) is 0.480. The van der Waals surface area contributed by atoms with E-state index >= 15 is 0 Å². The van der Waals surface area contributed by atoms with Gasteiger partial charge in [0.15, 0.2) is 0 Å². The van der Waals surface area contributed by atoms with Crippen molar-refractivity contribution in [2.75, 3.05) is 25.5 Å². The number of hydrogen-bond acceptors (Lipinski definition) is 5. The van der Waals surface area contributed by atoms with Crippen LogP contribution in [0.5, 0.6) is 0 Å². The van der Waals surface area contributed by atoms with Gasteiger partial charge in [-0.15, -0.1) is 0 Å². The van der Waals surface area contributed by atoms with Crippen LogP contribution in [0, 0.1) is 0 Å². The van der Waals surface area contributed by atoms with E-state index in [0.717, 1.165) is 0 Å². The maximum atomic E-state index is 11.2. The average molecular weight is 353 g/mol. The Balaban J connectivity index is 5.56. The first-order valence-corrected chi connectivity index (χ1v) is 9.70. The van der Waals surface area contributed by atoms with E-state index in [2.05, 4.69) is 0 Å². The van der Waals surface area contributed by atoms with E-state index in [1.807, 2.05) is 0 Å². The second-order valence-corrected chi connectivity index (χ2v) is 10.2. The Morgan fingerprint density at radius 2 is 1.13 bits per heavy atom. The fourth-order valence-corrected chi connectivity index (χ4v) is 7.28. The van der Waals surface area contributed by atoms with Gasteiger partial charge in [0.25, 0.3) is 0 Å². The molecule has 0 saturated heterocycles. The second-order valence-electron chi connectivity index (χ2n) is 5.53. The molecule has 0 amide bonds. The van der Waals surface area contributed by atoms with Gasteiger partial charge in [-0.1, -0.05) is 0 Å². The Bertz CT molecular complexity index is 421. The molecule has 0 aromatic rings. The Morgan fingerprint density at radius 3 is 1.35 bits per heavy atom. The molecule has 1 unspecified atom stereocenters. The molecule has 0 spiro atoms. The zero-order valence-electron chi connectivity index (χ0n) is 13.2. The molecule has 0 aliphatic heterocycles. The van der Waals surface area contributed by atoms with E-state index in [1.54, 1.807) is 0 Å². The van der Waals surface area contributed by atoms with E-state index in [1.165, 1.54) is 18.6 Å². The van der Waals surface area contributed by atoms with Crippen molar-refractivity contribution in [1.82, 2.24) is 4.67 Å². The quantitative estimate of drug-likeness (QED) is 0.367. The van der Waals surface area contributed by atoms with Crippen LogP contribution in [0.4, 0.5) is 0 Å². The summed E-state index contributed by atoms with van der Waals surface area (Å²) in [5, 5.41) is 35.9. The average Bonchev–Trinajstić information content (AvgIpc) is 2.44. The summed E-state index contributed by atoms with van der Waals surface area (Å²) >= 11 is 0. The minimum absolute atomic E-state index is 0.108. The molecule has 0 rings (SSSR count). The first kappa shape index (κ1) is 21.3. The summed E-state index contributed by atoms with van der Waals surface area (Å²) in [5.74, 6) is -4.36. The van der Waals surface area contributed by atoms with Crippen molar-refractivity contribution < 1.29 is 39.6 Å². The molecule has 0 aliphatic rings. The fourth-order valence-electron chi connectivity index (χ4n) is 2.50. The number of hydrogen-bond donors (Lipinski definition) is 4. The summed E-state index contributed by atoms with van der Waals surface area (Å²) in [7, 11) is -1.39. The summed E-state index contributed by atoms with van der Waals surface area (Å²) in [5.41, 5.74) is 0. The van der Waals surface area contributed by atoms with Gasteiger partial charge in [0, 0.05) is 0 Å². The number of likely N-dealkylation sites (N-methyl/N-ethyl adjacent to an activating group) is 1. The van der Waals surface area contributed by atoms with Crippen LogP contribution >= 0.6 is 7.41 Å². The molecule has 0 fully saturated rings. The third-order valence-electron chi connectivity index (χ3n) is 4.10. The van der Waals surface area contributed by atoms with Crippen molar-refractivity contribution in [2.24, 2.45) is 0 Å². The molecule has 0 aliphatic carbocycles. The molecule has 10 heteroatoms. The Morgan fingerprint density at radius 1 is 0.826 bits per heavy atom. The number of carboxylic acid groups (broad SMARTS) is 4.